The van der Waals surface area contributed by atoms with Crippen LogP contribution in [-0.4, -0.2) is 49.6 Å². The minimum atomic E-state index is -4.46. The molecule has 0 heterocycles. The van der Waals surface area contributed by atoms with Crippen LogP contribution in [0.3, 0.4) is 0 Å². The molecule has 0 aromatic heterocycles. The number of esters is 2. The Kier molecular flexibility index (Phi) is 12.3. The van der Waals surface area contributed by atoms with E-state index < -0.39 is 45.2 Å². The first kappa shape index (κ1) is 29.5. The number of nitrogens with zero attached hydrogens (tertiary/aromatic N) is 2. The van der Waals surface area contributed by atoms with Crippen LogP contribution in [0.1, 0.15) is 30.9 Å². The predicted molar refractivity (Wildman–Crippen MR) is 132 cm³/mol. The first-order valence-electron chi connectivity index (χ1n) is 11.2. The van der Waals surface area contributed by atoms with Gasteiger partial charge in [-0.3, -0.25) is 23.4 Å². The molecule has 12 nitrogen and oxygen atoms in total. The van der Waals surface area contributed by atoms with Gasteiger partial charge in [0.2, 0.25) is 19.5 Å². The molecule has 0 amide bonds. The third-order valence-corrected chi connectivity index (χ3v) is 5.92. The number of carbonyl (C=O) groups excluding carboxylic acids is 3. The van der Waals surface area contributed by atoms with Crippen molar-refractivity contribution < 1.29 is 42.3 Å². The van der Waals surface area contributed by atoms with Crippen molar-refractivity contribution in [3.05, 3.63) is 71.8 Å². The van der Waals surface area contributed by atoms with Crippen LogP contribution in [0.25, 0.3) is 0 Å². The Hall–Kier alpha value is -3.73. The van der Waals surface area contributed by atoms with Gasteiger partial charge in [0.25, 0.3) is 0 Å². The van der Waals surface area contributed by atoms with Gasteiger partial charge < -0.3 is 20.0 Å². The second-order valence-corrected chi connectivity index (χ2v) is 9.16. The molecular weight excluding hydrogens is 505 g/mol. The summed E-state index contributed by atoms with van der Waals surface area (Å²) in [5.41, 5.74) is 7.57. The van der Waals surface area contributed by atoms with Crippen LogP contribution in [0, 0.1) is 0 Å². The SMILES string of the molecule is CC(=O)ON(C)C(N)=NP(=O)(OCOC(=O)CCc1ccccc1)OCOC(=O)CCc1ccccc1. The lowest BCUT2D eigenvalue weighted by Crippen LogP contribution is -2.35. The Labute approximate surface area is 214 Å². The van der Waals surface area contributed by atoms with E-state index >= 15 is 0 Å². The largest absolute Gasteiger partial charge is 0.462 e. The van der Waals surface area contributed by atoms with Gasteiger partial charge in [0, 0.05) is 26.8 Å². The van der Waals surface area contributed by atoms with Gasteiger partial charge in [0.15, 0.2) is 0 Å². The van der Waals surface area contributed by atoms with E-state index in [0.717, 1.165) is 23.1 Å². The molecule has 200 valence electrons. The van der Waals surface area contributed by atoms with Crippen LogP contribution >= 0.6 is 7.75 Å². The number of carbonyl (C=O) groups is 3. The zero-order valence-electron chi connectivity index (χ0n) is 20.6. The number of ether oxygens (including phenoxy) is 2. The summed E-state index contributed by atoms with van der Waals surface area (Å²) in [4.78, 5) is 39.9. The maximum Gasteiger partial charge on any atom is 0.462 e. The maximum absolute atomic E-state index is 13.1. The van der Waals surface area contributed by atoms with Crippen LogP contribution < -0.4 is 5.73 Å². The molecule has 0 radical (unpaired) electrons. The predicted octanol–water partition coefficient (Wildman–Crippen LogP) is 3.12. The quantitative estimate of drug-likeness (QED) is 0.100. The van der Waals surface area contributed by atoms with Crippen LogP contribution in [0.4, 0.5) is 0 Å². The van der Waals surface area contributed by atoms with Gasteiger partial charge in [0.05, 0.1) is 0 Å². The Morgan fingerprint density at radius 1 is 0.838 bits per heavy atom. The van der Waals surface area contributed by atoms with E-state index in [0.29, 0.717) is 12.8 Å². The second kappa shape index (κ2) is 15.4. The molecule has 2 aromatic carbocycles. The van der Waals surface area contributed by atoms with Gasteiger partial charge in [-0.15, -0.1) is 4.76 Å². The molecule has 0 saturated carbocycles. The molecule has 2 rings (SSSR count). The molecule has 0 bridgehead atoms. The third kappa shape index (κ3) is 12.2. The minimum absolute atomic E-state index is 0.0537. The molecule has 0 aliphatic heterocycles. The summed E-state index contributed by atoms with van der Waals surface area (Å²) >= 11 is 0. The Morgan fingerprint density at radius 3 is 1.68 bits per heavy atom. The first-order chi connectivity index (χ1) is 17.7. The Morgan fingerprint density at radius 2 is 1.27 bits per heavy atom. The Bertz CT molecular complexity index is 1030. The highest BCUT2D eigenvalue weighted by molar-refractivity contribution is 7.52. The van der Waals surface area contributed by atoms with E-state index in [9.17, 15) is 18.9 Å². The number of rotatable bonds is 13. The van der Waals surface area contributed by atoms with Gasteiger partial charge in [0.1, 0.15) is 0 Å². The smallest absolute Gasteiger partial charge is 0.438 e. The molecule has 0 aliphatic rings. The number of guanidine groups is 1. The van der Waals surface area contributed by atoms with Gasteiger partial charge in [-0.2, -0.15) is 5.06 Å². The summed E-state index contributed by atoms with van der Waals surface area (Å²) in [6, 6.07) is 18.6. The highest BCUT2D eigenvalue weighted by atomic mass is 31.2. The van der Waals surface area contributed by atoms with E-state index in [-0.39, 0.29) is 12.8 Å². The van der Waals surface area contributed by atoms with E-state index in [1.54, 1.807) is 0 Å². The van der Waals surface area contributed by atoms with E-state index in [4.69, 9.17) is 29.1 Å². The average Bonchev–Trinajstić information content (AvgIpc) is 2.87. The number of benzene rings is 2. The van der Waals surface area contributed by atoms with Crippen molar-refractivity contribution in [2.75, 3.05) is 20.6 Å². The number of aryl methyl sites for hydroxylation is 2. The van der Waals surface area contributed by atoms with E-state index in [1.165, 1.54) is 7.05 Å². The fourth-order valence-corrected chi connectivity index (χ4v) is 3.71. The topological polar surface area (TPSA) is 156 Å². The summed E-state index contributed by atoms with van der Waals surface area (Å²) in [5, 5.41) is 0.736. The lowest BCUT2D eigenvalue weighted by molar-refractivity contribution is -0.166. The van der Waals surface area contributed by atoms with E-state index in [2.05, 4.69) is 4.76 Å². The highest BCUT2D eigenvalue weighted by Gasteiger charge is 2.28. The van der Waals surface area contributed by atoms with Crippen molar-refractivity contribution in [1.29, 1.82) is 0 Å². The molecule has 0 fully saturated rings. The number of hydrogen-bond donors (Lipinski definition) is 1. The van der Waals surface area contributed by atoms with Crippen molar-refractivity contribution in [3.8, 4) is 0 Å². The van der Waals surface area contributed by atoms with Crippen LogP contribution in [0.2, 0.25) is 0 Å². The normalized spacial score (nSPS) is 11.5. The van der Waals surface area contributed by atoms with Crippen molar-refractivity contribution in [2.45, 2.75) is 32.6 Å². The Balaban J connectivity index is 1.90. The molecule has 0 atom stereocenters. The van der Waals surface area contributed by atoms with Crippen molar-refractivity contribution in [3.63, 3.8) is 0 Å². The lowest BCUT2D eigenvalue weighted by Gasteiger charge is -2.19. The first-order valence-corrected chi connectivity index (χ1v) is 12.7. The third-order valence-electron chi connectivity index (χ3n) is 4.61. The minimum Gasteiger partial charge on any atom is -0.438 e. The van der Waals surface area contributed by atoms with Crippen molar-refractivity contribution in [2.24, 2.45) is 10.5 Å². The molecule has 2 aromatic rings. The second-order valence-electron chi connectivity index (χ2n) is 7.50. The molecule has 37 heavy (non-hydrogen) atoms. The van der Waals surface area contributed by atoms with Crippen LogP contribution in [-0.2, 0) is 55.1 Å². The fourth-order valence-electron chi connectivity index (χ4n) is 2.77. The van der Waals surface area contributed by atoms with Gasteiger partial charge >= 0.3 is 25.7 Å². The lowest BCUT2D eigenvalue weighted by atomic mass is 10.1. The summed E-state index contributed by atoms with van der Waals surface area (Å²) in [5.74, 6) is -2.48. The molecule has 13 heteroatoms. The number of nitrogens with two attached hydrogens (primary N) is 1. The molecule has 0 unspecified atom stereocenters. The fraction of sp³-hybridized carbons (Fsp3) is 0.333. The average molecular weight is 535 g/mol. The standard InChI is InChI=1S/C24H30N3O9P/c1-19(28)36-27(2)24(25)26-37(31,34-17-32-22(29)15-13-20-9-5-3-6-10-20)35-18-33-23(30)16-14-21-11-7-4-8-12-21/h3-12H,13-18H2,1-2H3,(H2,25,26,31). The summed E-state index contributed by atoms with van der Waals surface area (Å²) in [6.45, 7) is -0.429. The van der Waals surface area contributed by atoms with Crippen LogP contribution in [0.15, 0.2) is 65.4 Å². The number of hydroxylamine groups is 2. The van der Waals surface area contributed by atoms with Gasteiger partial charge in [-0.05, 0) is 24.0 Å². The van der Waals surface area contributed by atoms with Gasteiger partial charge in [-0.1, -0.05) is 60.7 Å². The molecule has 0 aliphatic carbocycles. The monoisotopic (exact) mass is 535 g/mol. The molecule has 0 saturated heterocycles. The van der Waals surface area contributed by atoms with Crippen LogP contribution in [0.5, 0.6) is 0 Å². The number of hydrogen-bond acceptors (Lipinski definition) is 9. The summed E-state index contributed by atoms with van der Waals surface area (Å²) in [6.07, 6.45) is 0.979. The van der Waals surface area contributed by atoms with Crippen molar-refractivity contribution >= 4 is 31.6 Å². The van der Waals surface area contributed by atoms with Crippen molar-refractivity contribution in [1.82, 2.24) is 5.06 Å². The molecule has 2 N–H and O–H groups in total. The highest BCUT2D eigenvalue weighted by Crippen LogP contribution is 2.50. The molecular formula is C24H30N3O9P. The van der Waals surface area contributed by atoms with E-state index in [1.807, 2.05) is 60.7 Å². The molecule has 0 spiro atoms. The summed E-state index contributed by atoms with van der Waals surface area (Å²) < 4.78 is 36.7. The van der Waals surface area contributed by atoms with Gasteiger partial charge in [-0.25, -0.2) is 4.57 Å². The maximum atomic E-state index is 13.1. The zero-order valence-corrected chi connectivity index (χ0v) is 21.5. The zero-order chi connectivity index (χ0) is 27.1. The summed E-state index contributed by atoms with van der Waals surface area (Å²) in [7, 11) is -3.23.